The number of nitrogens with one attached hydrogen (secondary N) is 2. The summed E-state index contributed by atoms with van der Waals surface area (Å²) in [7, 11) is 0. The minimum absolute atomic E-state index is 0.0733. The largest absolute Gasteiger partial charge is 0.394 e. The molecule has 1 heterocycles. The van der Waals surface area contributed by atoms with E-state index in [-0.39, 0.29) is 12.1 Å². The van der Waals surface area contributed by atoms with Crippen molar-refractivity contribution in [3.63, 3.8) is 0 Å². The normalized spacial score (nSPS) is 27.3. The Hall–Kier alpha value is -0.590. The fourth-order valence-corrected chi connectivity index (χ4v) is 3.98. The van der Waals surface area contributed by atoms with Crippen molar-refractivity contribution in [2.24, 2.45) is 5.92 Å². The van der Waals surface area contributed by atoms with E-state index in [9.17, 15) is 5.11 Å². The number of nitrogens with zero attached hydrogens (tertiary/aromatic N) is 2. The van der Waals surface area contributed by atoms with Gasteiger partial charge in [-0.05, 0) is 25.2 Å². The molecule has 3 N–H and O–H groups in total. The van der Waals surface area contributed by atoms with E-state index >= 15 is 0 Å². The van der Waals surface area contributed by atoms with Crippen LogP contribution < -0.4 is 5.32 Å². The lowest BCUT2D eigenvalue weighted by atomic mass is 9.85. The summed E-state index contributed by atoms with van der Waals surface area (Å²) in [4.78, 5) is 4.12. The predicted octanol–water partition coefficient (Wildman–Crippen LogP) is 1.82. The molecule has 1 aromatic rings. The van der Waals surface area contributed by atoms with Gasteiger partial charge in [-0.15, -0.1) is 0 Å². The molecule has 0 amide bonds. The molecule has 2 rings (SSSR count). The number of aliphatic hydroxyl groups is 1. The first kappa shape index (κ1) is 14.8. The van der Waals surface area contributed by atoms with Crippen LogP contribution >= 0.6 is 11.8 Å². The van der Waals surface area contributed by atoms with E-state index in [1.54, 1.807) is 11.8 Å². The van der Waals surface area contributed by atoms with Crippen LogP contribution in [0.1, 0.15) is 39.5 Å². The number of rotatable bonds is 7. The summed E-state index contributed by atoms with van der Waals surface area (Å²) in [5, 5.41) is 21.0. The van der Waals surface area contributed by atoms with Gasteiger partial charge in [-0.25, -0.2) is 4.98 Å². The lowest BCUT2D eigenvalue weighted by Gasteiger charge is -2.37. The molecule has 1 aromatic heterocycles. The fourth-order valence-electron chi connectivity index (χ4n) is 3.15. The molecule has 1 fully saturated rings. The zero-order valence-electron chi connectivity index (χ0n) is 11.7. The minimum atomic E-state index is -0.0733. The molecular weight excluding hydrogens is 260 g/mol. The Kier molecular flexibility index (Phi) is 5.24. The van der Waals surface area contributed by atoms with Crippen LogP contribution in [0.5, 0.6) is 0 Å². The standard InChI is InChI=1S/C13H24N4OS/c1-10(2)16-13(8-18)6-3-4-11(13)5-7-19-12-14-9-15-17-12/h9-11,16,18H,3-8H2,1-2H3,(H,14,15,17). The van der Waals surface area contributed by atoms with Crippen molar-refractivity contribution >= 4 is 11.8 Å². The van der Waals surface area contributed by atoms with Crippen LogP contribution in [-0.4, -0.2) is 44.2 Å². The van der Waals surface area contributed by atoms with Crippen LogP contribution in [0, 0.1) is 5.92 Å². The maximum absolute atomic E-state index is 9.82. The summed E-state index contributed by atoms with van der Waals surface area (Å²) >= 11 is 1.71. The SMILES string of the molecule is CC(C)NC1(CO)CCCC1CCSc1ncn[nH]1. The Morgan fingerprint density at radius 2 is 2.47 bits per heavy atom. The molecule has 2 atom stereocenters. The van der Waals surface area contributed by atoms with Crippen molar-refractivity contribution in [3.05, 3.63) is 6.33 Å². The summed E-state index contributed by atoms with van der Waals surface area (Å²) in [5.41, 5.74) is -0.0733. The van der Waals surface area contributed by atoms with Crippen LogP contribution in [0.4, 0.5) is 0 Å². The van der Waals surface area contributed by atoms with Gasteiger partial charge < -0.3 is 10.4 Å². The van der Waals surface area contributed by atoms with E-state index in [4.69, 9.17) is 0 Å². The summed E-state index contributed by atoms with van der Waals surface area (Å²) in [5.74, 6) is 1.57. The molecule has 0 aromatic carbocycles. The number of hydrogen-bond donors (Lipinski definition) is 3. The van der Waals surface area contributed by atoms with E-state index in [1.165, 1.54) is 19.2 Å². The summed E-state index contributed by atoms with van der Waals surface area (Å²) < 4.78 is 0. The number of aromatic amines is 1. The molecule has 0 aliphatic heterocycles. The second-order valence-electron chi connectivity index (χ2n) is 5.63. The summed E-state index contributed by atoms with van der Waals surface area (Å²) in [6.45, 7) is 4.54. The Bertz CT molecular complexity index is 371. The highest BCUT2D eigenvalue weighted by molar-refractivity contribution is 7.99. The molecule has 0 bridgehead atoms. The van der Waals surface area contributed by atoms with Crippen molar-refractivity contribution in [3.8, 4) is 0 Å². The van der Waals surface area contributed by atoms with Crippen LogP contribution in [0.15, 0.2) is 11.5 Å². The van der Waals surface area contributed by atoms with Gasteiger partial charge in [0.25, 0.3) is 0 Å². The Balaban J connectivity index is 1.86. The second-order valence-corrected chi connectivity index (χ2v) is 6.71. The topological polar surface area (TPSA) is 73.8 Å². The van der Waals surface area contributed by atoms with E-state index in [1.807, 2.05) is 0 Å². The van der Waals surface area contributed by atoms with Gasteiger partial charge in [-0.3, -0.25) is 5.10 Å². The van der Waals surface area contributed by atoms with Gasteiger partial charge >= 0.3 is 0 Å². The molecule has 0 saturated heterocycles. The van der Waals surface area contributed by atoms with E-state index in [2.05, 4.69) is 34.3 Å². The molecule has 2 unspecified atom stereocenters. The zero-order chi connectivity index (χ0) is 13.7. The highest BCUT2D eigenvalue weighted by Gasteiger charge is 2.41. The molecule has 5 nitrogen and oxygen atoms in total. The maximum atomic E-state index is 9.82. The fraction of sp³-hybridized carbons (Fsp3) is 0.846. The van der Waals surface area contributed by atoms with Crippen molar-refractivity contribution in [1.82, 2.24) is 20.5 Å². The third-order valence-electron chi connectivity index (χ3n) is 3.91. The Morgan fingerprint density at radius 1 is 1.63 bits per heavy atom. The molecule has 0 radical (unpaired) electrons. The van der Waals surface area contributed by atoms with Gasteiger partial charge in [0.1, 0.15) is 6.33 Å². The molecular formula is C13H24N4OS. The van der Waals surface area contributed by atoms with Crippen molar-refractivity contribution in [2.45, 2.75) is 56.3 Å². The van der Waals surface area contributed by atoms with Gasteiger partial charge in [0.2, 0.25) is 0 Å². The lowest BCUT2D eigenvalue weighted by molar-refractivity contribution is 0.113. The number of H-pyrrole nitrogens is 1. The van der Waals surface area contributed by atoms with Gasteiger partial charge in [0, 0.05) is 17.3 Å². The van der Waals surface area contributed by atoms with Crippen LogP contribution in [0.25, 0.3) is 0 Å². The smallest absolute Gasteiger partial charge is 0.183 e. The van der Waals surface area contributed by atoms with Crippen LogP contribution in [0.3, 0.4) is 0 Å². The van der Waals surface area contributed by atoms with E-state index in [0.717, 1.165) is 23.8 Å². The lowest BCUT2D eigenvalue weighted by Crippen LogP contribution is -2.54. The second kappa shape index (κ2) is 6.72. The highest BCUT2D eigenvalue weighted by Crippen LogP contribution is 2.39. The summed E-state index contributed by atoms with van der Waals surface area (Å²) in [6.07, 6.45) is 6.14. The average Bonchev–Trinajstić information content (AvgIpc) is 3.00. The molecule has 0 spiro atoms. The van der Waals surface area contributed by atoms with E-state index < -0.39 is 0 Å². The summed E-state index contributed by atoms with van der Waals surface area (Å²) in [6, 6.07) is 0.412. The predicted molar refractivity (Wildman–Crippen MR) is 77.2 cm³/mol. The molecule has 1 saturated carbocycles. The van der Waals surface area contributed by atoms with Crippen LogP contribution in [-0.2, 0) is 0 Å². The van der Waals surface area contributed by atoms with Crippen molar-refractivity contribution in [2.75, 3.05) is 12.4 Å². The minimum Gasteiger partial charge on any atom is -0.394 e. The zero-order valence-corrected chi connectivity index (χ0v) is 12.5. The maximum Gasteiger partial charge on any atom is 0.183 e. The van der Waals surface area contributed by atoms with Crippen molar-refractivity contribution < 1.29 is 5.11 Å². The first-order valence-corrected chi connectivity index (χ1v) is 8.01. The third kappa shape index (κ3) is 3.70. The molecule has 6 heteroatoms. The van der Waals surface area contributed by atoms with Gasteiger partial charge in [-0.2, -0.15) is 5.10 Å². The monoisotopic (exact) mass is 284 g/mol. The molecule has 19 heavy (non-hydrogen) atoms. The van der Waals surface area contributed by atoms with Gasteiger partial charge in [0.15, 0.2) is 5.16 Å². The number of thioether (sulfide) groups is 1. The van der Waals surface area contributed by atoms with Gasteiger partial charge in [-0.1, -0.05) is 32.0 Å². The molecule has 1 aliphatic rings. The Labute approximate surface area is 119 Å². The number of aliphatic hydroxyl groups excluding tert-OH is 1. The third-order valence-corrected chi connectivity index (χ3v) is 4.82. The average molecular weight is 284 g/mol. The first-order chi connectivity index (χ1) is 9.16. The molecule has 1 aliphatic carbocycles. The highest BCUT2D eigenvalue weighted by atomic mass is 32.2. The van der Waals surface area contributed by atoms with Gasteiger partial charge in [0.05, 0.1) is 6.61 Å². The number of aromatic nitrogens is 3. The van der Waals surface area contributed by atoms with E-state index in [0.29, 0.717) is 12.0 Å². The Morgan fingerprint density at radius 3 is 3.11 bits per heavy atom. The number of hydrogen-bond acceptors (Lipinski definition) is 5. The first-order valence-electron chi connectivity index (χ1n) is 7.03. The quantitative estimate of drug-likeness (QED) is 0.666. The van der Waals surface area contributed by atoms with Crippen LogP contribution in [0.2, 0.25) is 0 Å². The molecule has 108 valence electrons. The van der Waals surface area contributed by atoms with Crippen molar-refractivity contribution in [1.29, 1.82) is 0 Å².